The van der Waals surface area contributed by atoms with Crippen LogP contribution in [0.5, 0.6) is 0 Å². The van der Waals surface area contributed by atoms with Crippen molar-refractivity contribution in [2.45, 2.75) is 13.8 Å². The Kier molecular flexibility index (Phi) is 4.95. The Morgan fingerprint density at radius 2 is 1.77 bits per heavy atom. The maximum absolute atomic E-state index is 12.3. The van der Waals surface area contributed by atoms with Crippen LogP contribution in [0.1, 0.15) is 27.2 Å². The van der Waals surface area contributed by atoms with Crippen molar-refractivity contribution in [2.24, 2.45) is 0 Å². The number of benzene rings is 2. The number of nitriles is 1. The highest BCUT2D eigenvalue weighted by Gasteiger charge is 2.08. The van der Waals surface area contributed by atoms with Crippen molar-refractivity contribution in [1.29, 1.82) is 5.26 Å². The lowest BCUT2D eigenvalue weighted by Gasteiger charge is -2.09. The zero-order chi connectivity index (χ0) is 18.5. The van der Waals surface area contributed by atoms with Crippen molar-refractivity contribution in [3.05, 3.63) is 83.2 Å². The fourth-order valence-electron chi connectivity index (χ4n) is 2.45. The molecule has 2 aromatic carbocycles. The molecule has 0 saturated heterocycles. The summed E-state index contributed by atoms with van der Waals surface area (Å²) < 4.78 is 0. The van der Waals surface area contributed by atoms with Gasteiger partial charge in [0.05, 0.1) is 23.5 Å². The molecule has 2 N–H and O–H groups in total. The average Bonchev–Trinajstić information content (AvgIpc) is 2.65. The van der Waals surface area contributed by atoms with E-state index in [4.69, 9.17) is 5.26 Å². The van der Waals surface area contributed by atoms with Crippen LogP contribution in [0.3, 0.4) is 0 Å². The van der Waals surface area contributed by atoms with E-state index in [1.54, 1.807) is 36.5 Å². The Labute approximate surface area is 152 Å². The van der Waals surface area contributed by atoms with E-state index >= 15 is 0 Å². The van der Waals surface area contributed by atoms with Crippen LogP contribution in [0.4, 0.5) is 17.1 Å². The molecule has 1 amide bonds. The van der Waals surface area contributed by atoms with E-state index in [-0.39, 0.29) is 5.91 Å². The molecule has 0 spiro atoms. The van der Waals surface area contributed by atoms with Crippen molar-refractivity contribution in [3.63, 3.8) is 0 Å². The molecule has 1 heterocycles. The van der Waals surface area contributed by atoms with Crippen LogP contribution >= 0.6 is 0 Å². The standard InChI is InChI=1S/C21H18N4O/c1-14-6-7-18(10-15(14)2)25-21(26)20-9-8-19(13-23-20)24-17-5-3-4-16(11-17)12-22/h3-11,13,24H,1-2H3,(H,25,26). The number of hydrogen-bond acceptors (Lipinski definition) is 4. The van der Waals surface area contributed by atoms with Crippen LogP contribution in [0.25, 0.3) is 0 Å². The highest BCUT2D eigenvalue weighted by Crippen LogP contribution is 2.18. The van der Waals surface area contributed by atoms with E-state index in [1.807, 2.05) is 38.1 Å². The highest BCUT2D eigenvalue weighted by atomic mass is 16.1. The zero-order valence-corrected chi connectivity index (χ0v) is 14.6. The molecular weight excluding hydrogens is 324 g/mol. The number of carbonyl (C=O) groups is 1. The second kappa shape index (κ2) is 7.49. The van der Waals surface area contributed by atoms with E-state index in [1.165, 1.54) is 5.56 Å². The number of nitrogens with zero attached hydrogens (tertiary/aromatic N) is 2. The summed E-state index contributed by atoms with van der Waals surface area (Å²) in [7, 11) is 0. The van der Waals surface area contributed by atoms with Crippen molar-refractivity contribution in [2.75, 3.05) is 10.6 Å². The number of hydrogen-bond donors (Lipinski definition) is 2. The molecular formula is C21H18N4O. The van der Waals surface area contributed by atoms with E-state index in [9.17, 15) is 4.79 Å². The Morgan fingerprint density at radius 1 is 0.962 bits per heavy atom. The minimum absolute atomic E-state index is 0.258. The van der Waals surface area contributed by atoms with Gasteiger partial charge in [-0.2, -0.15) is 5.26 Å². The molecule has 0 radical (unpaired) electrons. The average molecular weight is 342 g/mol. The number of amides is 1. The van der Waals surface area contributed by atoms with Gasteiger partial charge in [0.1, 0.15) is 5.69 Å². The first-order valence-corrected chi connectivity index (χ1v) is 8.17. The number of rotatable bonds is 4. The molecule has 0 aliphatic heterocycles. The summed E-state index contributed by atoms with van der Waals surface area (Å²) in [6, 6.07) is 18.5. The minimum atomic E-state index is -0.258. The Bertz CT molecular complexity index is 988. The third kappa shape index (κ3) is 4.05. The number of anilines is 3. The van der Waals surface area contributed by atoms with Crippen LogP contribution < -0.4 is 10.6 Å². The van der Waals surface area contributed by atoms with Crippen LogP contribution in [-0.4, -0.2) is 10.9 Å². The van der Waals surface area contributed by atoms with Gasteiger partial charge in [0, 0.05) is 11.4 Å². The number of pyridine rings is 1. The molecule has 0 aliphatic rings. The van der Waals surface area contributed by atoms with Gasteiger partial charge in [0.15, 0.2) is 0 Å². The molecule has 26 heavy (non-hydrogen) atoms. The van der Waals surface area contributed by atoms with Gasteiger partial charge in [0.2, 0.25) is 0 Å². The lowest BCUT2D eigenvalue weighted by atomic mass is 10.1. The fraction of sp³-hybridized carbons (Fsp3) is 0.0952. The molecule has 1 aromatic heterocycles. The van der Waals surface area contributed by atoms with Gasteiger partial charge in [-0.25, -0.2) is 4.98 Å². The third-order valence-corrected chi connectivity index (χ3v) is 4.04. The summed E-state index contributed by atoms with van der Waals surface area (Å²) >= 11 is 0. The smallest absolute Gasteiger partial charge is 0.274 e. The SMILES string of the molecule is Cc1ccc(NC(=O)c2ccc(Nc3cccc(C#N)c3)cn2)cc1C. The molecule has 0 bridgehead atoms. The lowest BCUT2D eigenvalue weighted by molar-refractivity contribution is 0.102. The monoisotopic (exact) mass is 342 g/mol. The normalized spacial score (nSPS) is 10.0. The molecule has 5 heteroatoms. The summed E-state index contributed by atoms with van der Waals surface area (Å²) in [5, 5.41) is 15.0. The molecule has 3 aromatic rings. The first-order chi connectivity index (χ1) is 12.5. The number of nitrogens with one attached hydrogen (secondary N) is 2. The lowest BCUT2D eigenvalue weighted by Crippen LogP contribution is -2.13. The van der Waals surface area contributed by atoms with Crippen molar-refractivity contribution in [1.82, 2.24) is 4.98 Å². The number of aryl methyl sites for hydroxylation is 2. The van der Waals surface area contributed by atoms with E-state index in [0.717, 1.165) is 22.6 Å². The minimum Gasteiger partial charge on any atom is -0.354 e. The Balaban J connectivity index is 1.69. The van der Waals surface area contributed by atoms with Gasteiger partial charge in [-0.3, -0.25) is 4.79 Å². The van der Waals surface area contributed by atoms with Gasteiger partial charge < -0.3 is 10.6 Å². The van der Waals surface area contributed by atoms with Gasteiger partial charge in [-0.1, -0.05) is 12.1 Å². The first-order valence-electron chi connectivity index (χ1n) is 8.17. The molecule has 128 valence electrons. The van der Waals surface area contributed by atoms with Crippen LogP contribution in [0, 0.1) is 25.2 Å². The van der Waals surface area contributed by atoms with Crippen LogP contribution in [0.2, 0.25) is 0 Å². The molecule has 3 rings (SSSR count). The van der Waals surface area contributed by atoms with E-state index in [2.05, 4.69) is 21.7 Å². The Morgan fingerprint density at radius 3 is 2.46 bits per heavy atom. The Hall–Kier alpha value is -3.65. The molecule has 0 aliphatic carbocycles. The van der Waals surface area contributed by atoms with Gasteiger partial charge >= 0.3 is 0 Å². The topological polar surface area (TPSA) is 77.8 Å². The van der Waals surface area contributed by atoms with Crippen molar-refractivity contribution in [3.8, 4) is 6.07 Å². The van der Waals surface area contributed by atoms with Crippen LogP contribution in [-0.2, 0) is 0 Å². The second-order valence-electron chi connectivity index (χ2n) is 6.00. The summed E-state index contributed by atoms with van der Waals surface area (Å²) in [5.41, 5.74) is 5.48. The zero-order valence-electron chi connectivity index (χ0n) is 14.6. The largest absolute Gasteiger partial charge is 0.354 e. The van der Waals surface area contributed by atoms with Gasteiger partial charge in [0.25, 0.3) is 5.91 Å². The molecule has 0 saturated carbocycles. The predicted octanol–water partition coefficient (Wildman–Crippen LogP) is 4.57. The maximum Gasteiger partial charge on any atom is 0.274 e. The number of carbonyl (C=O) groups excluding carboxylic acids is 1. The van der Waals surface area contributed by atoms with Gasteiger partial charge in [-0.15, -0.1) is 0 Å². The van der Waals surface area contributed by atoms with Crippen molar-refractivity contribution < 1.29 is 4.79 Å². The molecule has 0 atom stereocenters. The predicted molar refractivity (Wildman–Crippen MR) is 103 cm³/mol. The molecule has 0 fully saturated rings. The molecule has 5 nitrogen and oxygen atoms in total. The molecule has 0 unspecified atom stereocenters. The quantitative estimate of drug-likeness (QED) is 0.728. The van der Waals surface area contributed by atoms with Gasteiger partial charge in [-0.05, 0) is 67.4 Å². The summed E-state index contributed by atoms with van der Waals surface area (Å²) in [4.78, 5) is 16.5. The second-order valence-corrected chi connectivity index (χ2v) is 6.00. The van der Waals surface area contributed by atoms with E-state index < -0.39 is 0 Å². The summed E-state index contributed by atoms with van der Waals surface area (Å²) in [5.74, 6) is -0.258. The summed E-state index contributed by atoms with van der Waals surface area (Å²) in [6.45, 7) is 4.03. The number of aromatic nitrogens is 1. The highest BCUT2D eigenvalue weighted by molar-refractivity contribution is 6.03. The van der Waals surface area contributed by atoms with Crippen molar-refractivity contribution >= 4 is 23.0 Å². The van der Waals surface area contributed by atoms with E-state index in [0.29, 0.717) is 11.3 Å². The maximum atomic E-state index is 12.3. The first kappa shape index (κ1) is 17.2. The summed E-state index contributed by atoms with van der Waals surface area (Å²) in [6.07, 6.45) is 1.59. The van der Waals surface area contributed by atoms with Crippen LogP contribution in [0.15, 0.2) is 60.8 Å². The third-order valence-electron chi connectivity index (χ3n) is 4.04. The fourth-order valence-corrected chi connectivity index (χ4v) is 2.45.